The lowest BCUT2D eigenvalue weighted by Crippen LogP contribution is -2.34. The predicted molar refractivity (Wildman–Crippen MR) is 131 cm³/mol. The zero-order chi connectivity index (χ0) is 26.2. The highest BCUT2D eigenvalue weighted by Crippen LogP contribution is 2.40. The van der Waals surface area contributed by atoms with Crippen LogP contribution in [0.3, 0.4) is 0 Å². The number of imidazole rings is 1. The maximum atomic E-state index is 13.9. The molecule has 2 aliphatic rings. The van der Waals surface area contributed by atoms with Gasteiger partial charge < -0.3 is 24.8 Å². The molecule has 198 valence electrons. The van der Waals surface area contributed by atoms with Crippen molar-refractivity contribution in [3.63, 3.8) is 0 Å². The summed E-state index contributed by atoms with van der Waals surface area (Å²) in [5.41, 5.74) is -0.642. The summed E-state index contributed by atoms with van der Waals surface area (Å²) in [6.45, 7) is 7.48. The highest BCUT2D eigenvalue weighted by Gasteiger charge is 2.35. The van der Waals surface area contributed by atoms with Crippen LogP contribution in [-0.2, 0) is 12.7 Å². The molecule has 1 fully saturated rings. The van der Waals surface area contributed by atoms with Gasteiger partial charge in [-0.15, -0.1) is 0 Å². The van der Waals surface area contributed by atoms with Crippen LogP contribution >= 0.6 is 0 Å². The third-order valence-electron chi connectivity index (χ3n) is 6.73. The molecule has 4 heterocycles. The summed E-state index contributed by atoms with van der Waals surface area (Å²) in [4.78, 5) is 15.6. The quantitative estimate of drug-likeness (QED) is 0.348. The van der Waals surface area contributed by atoms with Crippen molar-refractivity contribution in [2.75, 3.05) is 36.4 Å². The van der Waals surface area contributed by atoms with Gasteiger partial charge in [0.1, 0.15) is 18.0 Å². The Morgan fingerprint density at radius 1 is 1.19 bits per heavy atom. The first-order valence-corrected chi connectivity index (χ1v) is 12.4. The SMILES string of the molecule is CCNCCn1cc(-c2ccc(F)c(C(F)(F)F)c2)nc1C1CCN(c2ncnc3c2OC(C)N3)CC1. The minimum Gasteiger partial charge on any atom is -0.463 e. The monoisotopic (exact) mass is 519 g/mol. The summed E-state index contributed by atoms with van der Waals surface area (Å²) in [7, 11) is 0. The molecule has 0 bridgehead atoms. The molecule has 0 amide bonds. The molecule has 0 spiro atoms. The van der Waals surface area contributed by atoms with Crippen molar-refractivity contribution >= 4 is 11.6 Å². The van der Waals surface area contributed by atoms with Crippen molar-refractivity contribution < 1.29 is 22.3 Å². The minimum absolute atomic E-state index is 0.113. The van der Waals surface area contributed by atoms with Gasteiger partial charge in [0.2, 0.25) is 5.75 Å². The molecule has 1 aromatic carbocycles. The van der Waals surface area contributed by atoms with Gasteiger partial charge in [0, 0.05) is 43.9 Å². The number of ether oxygens (including phenoxy) is 1. The number of piperidine rings is 1. The molecule has 5 rings (SSSR count). The second-order valence-corrected chi connectivity index (χ2v) is 9.26. The zero-order valence-corrected chi connectivity index (χ0v) is 20.6. The summed E-state index contributed by atoms with van der Waals surface area (Å²) < 4.78 is 61.6. The van der Waals surface area contributed by atoms with Crippen LogP contribution in [0.25, 0.3) is 11.3 Å². The van der Waals surface area contributed by atoms with E-state index in [9.17, 15) is 17.6 Å². The van der Waals surface area contributed by atoms with E-state index in [4.69, 9.17) is 9.72 Å². The van der Waals surface area contributed by atoms with Crippen LogP contribution in [0.5, 0.6) is 5.75 Å². The van der Waals surface area contributed by atoms with Crippen LogP contribution < -0.4 is 20.3 Å². The van der Waals surface area contributed by atoms with E-state index in [1.54, 1.807) is 6.20 Å². The molecule has 2 aliphatic heterocycles. The van der Waals surface area contributed by atoms with Crippen LogP contribution in [0.1, 0.15) is 44.0 Å². The van der Waals surface area contributed by atoms with Crippen molar-refractivity contribution in [1.82, 2.24) is 24.8 Å². The predicted octanol–water partition coefficient (Wildman–Crippen LogP) is 4.64. The zero-order valence-electron chi connectivity index (χ0n) is 20.6. The van der Waals surface area contributed by atoms with Gasteiger partial charge in [-0.25, -0.2) is 19.3 Å². The van der Waals surface area contributed by atoms with Crippen LogP contribution in [0.4, 0.5) is 29.2 Å². The molecular weight excluding hydrogens is 490 g/mol. The highest BCUT2D eigenvalue weighted by molar-refractivity contribution is 5.67. The lowest BCUT2D eigenvalue weighted by molar-refractivity contribution is -0.139. The number of likely N-dealkylation sites (N-methyl/N-ethyl adjacent to an activating group) is 1. The number of aromatic nitrogens is 4. The van der Waals surface area contributed by atoms with Crippen molar-refractivity contribution in [2.45, 2.75) is 51.6 Å². The van der Waals surface area contributed by atoms with Gasteiger partial charge in [0.25, 0.3) is 0 Å². The van der Waals surface area contributed by atoms with E-state index in [0.717, 1.165) is 56.3 Å². The third kappa shape index (κ3) is 5.20. The smallest absolute Gasteiger partial charge is 0.419 e. The van der Waals surface area contributed by atoms with E-state index in [2.05, 4.69) is 25.5 Å². The number of benzene rings is 1. The lowest BCUT2D eigenvalue weighted by Gasteiger charge is -2.33. The number of hydrogen-bond donors (Lipinski definition) is 2. The Balaban J connectivity index is 1.38. The number of nitrogens with zero attached hydrogens (tertiary/aromatic N) is 5. The molecule has 0 saturated carbocycles. The van der Waals surface area contributed by atoms with Gasteiger partial charge in [-0.1, -0.05) is 6.92 Å². The number of rotatable bonds is 7. The molecule has 0 aliphatic carbocycles. The topological polar surface area (TPSA) is 80.1 Å². The van der Waals surface area contributed by atoms with E-state index in [-0.39, 0.29) is 17.7 Å². The van der Waals surface area contributed by atoms with E-state index >= 15 is 0 Å². The van der Waals surface area contributed by atoms with Gasteiger partial charge in [-0.3, -0.25) is 0 Å². The number of alkyl halides is 3. The summed E-state index contributed by atoms with van der Waals surface area (Å²) in [5.74, 6) is 1.73. The maximum Gasteiger partial charge on any atom is 0.419 e. The summed E-state index contributed by atoms with van der Waals surface area (Å²) >= 11 is 0. The Morgan fingerprint density at radius 2 is 1.97 bits per heavy atom. The van der Waals surface area contributed by atoms with Crippen LogP contribution in [0.15, 0.2) is 30.7 Å². The Bertz CT molecular complexity index is 1250. The van der Waals surface area contributed by atoms with Crippen LogP contribution in [0, 0.1) is 5.82 Å². The van der Waals surface area contributed by atoms with Gasteiger partial charge >= 0.3 is 6.18 Å². The Kier molecular flexibility index (Phi) is 6.93. The number of hydrogen-bond acceptors (Lipinski definition) is 7. The Labute approximate surface area is 212 Å². The molecular formula is C25H29F4N7O. The van der Waals surface area contributed by atoms with Gasteiger partial charge in [0.05, 0.1) is 11.3 Å². The maximum absolute atomic E-state index is 13.9. The average molecular weight is 520 g/mol. The molecule has 2 N–H and O–H groups in total. The number of fused-ring (bicyclic) bond motifs is 1. The number of halogens is 4. The molecule has 3 aromatic rings. The van der Waals surface area contributed by atoms with Crippen molar-refractivity contribution in [2.24, 2.45) is 0 Å². The molecule has 1 unspecified atom stereocenters. The summed E-state index contributed by atoms with van der Waals surface area (Å²) in [6, 6.07) is 3.04. The van der Waals surface area contributed by atoms with Crippen molar-refractivity contribution in [3.8, 4) is 17.0 Å². The Morgan fingerprint density at radius 3 is 2.70 bits per heavy atom. The molecule has 12 heteroatoms. The van der Waals surface area contributed by atoms with E-state index in [0.29, 0.717) is 30.4 Å². The molecule has 37 heavy (non-hydrogen) atoms. The van der Waals surface area contributed by atoms with Crippen LogP contribution in [-0.4, -0.2) is 51.9 Å². The molecule has 0 radical (unpaired) electrons. The fourth-order valence-electron chi connectivity index (χ4n) is 4.90. The largest absolute Gasteiger partial charge is 0.463 e. The third-order valence-corrected chi connectivity index (χ3v) is 6.73. The first-order valence-electron chi connectivity index (χ1n) is 12.4. The number of anilines is 2. The van der Waals surface area contributed by atoms with Gasteiger partial charge in [-0.05, 0) is 44.5 Å². The summed E-state index contributed by atoms with van der Waals surface area (Å²) in [6.07, 6.45) is -0.0823. The average Bonchev–Trinajstić information content (AvgIpc) is 3.46. The summed E-state index contributed by atoms with van der Waals surface area (Å²) in [5, 5.41) is 6.44. The lowest BCUT2D eigenvalue weighted by atomic mass is 9.95. The van der Waals surface area contributed by atoms with Gasteiger partial charge in [-0.2, -0.15) is 13.2 Å². The highest BCUT2D eigenvalue weighted by atomic mass is 19.4. The molecule has 1 atom stereocenters. The fraction of sp³-hybridized carbons (Fsp3) is 0.480. The number of nitrogens with one attached hydrogen (secondary N) is 2. The standard InChI is InChI=1S/C25H29F4N7O/c1-3-30-8-11-36-13-20(17-4-5-19(26)18(12-17)25(27,28)29)34-23(36)16-6-9-35(10-7-16)24-21-22(31-14-32-24)33-15(2)37-21/h4-5,12-16,30H,3,6-11H2,1-2H3,(H,31,32,33). The Hall–Kier alpha value is -3.41. The van der Waals surface area contributed by atoms with E-state index in [1.807, 2.05) is 18.4 Å². The van der Waals surface area contributed by atoms with Gasteiger partial charge in [0.15, 0.2) is 17.9 Å². The second kappa shape index (κ2) is 10.2. The molecule has 8 nitrogen and oxygen atoms in total. The van der Waals surface area contributed by atoms with Crippen molar-refractivity contribution in [3.05, 3.63) is 47.9 Å². The minimum atomic E-state index is -4.78. The first kappa shape index (κ1) is 25.2. The fourth-order valence-corrected chi connectivity index (χ4v) is 4.90. The molecule has 2 aromatic heterocycles. The normalized spacial score (nSPS) is 18.0. The second-order valence-electron chi connectivity index (χ2n) is 9.26. The van der Waals surface area contributed by atoms with Crippen molar-refractivity contribution in [1.29, 1.82) is 0 Å². The first-order chi connectivity index (χ1) is 17.7. The van der Waals surface area contributed by atoms with Crippen LogP contribution in [0.2, 0.25) is 0 Å². The van der Waals surface area contributed by atoms with E-state index in [1.165, 1.54) is 12.4 Å². The molecule has 1 saturated heterocycles. The van der Waals surface area contributed by atoms with E-state index < -0.39 is 17.6 Å².